The Kier molecular flexibility index (Phi) is 4.78. The van der Waals surface area contributed by atoms with Gasteiger partial charge in [0.05, 0.1) is 11.6 Å². The normalized spacial score (nSPS) is 24.0. The number of carbonyl (C=O) groups is 2. The highest BCUT2D eigenvalue weighted by Crippen LogP contribution is 2.39. The molecular weight excluding hydrogens is 335 g/mol. The van der Waals surface area contributed by atoms with Gasteiger partial charge < -0.3 is 14.9 Å². The van der Waals surface area contributed by atoms with E-state index >= 15 is 0 Å². The molecule has 1 spiro atoms. The van der Waals surface area contributed by atoms with Gasteiger partial charge in [0.25, 0.3) is 5.91 Å². The van der Waals surface area contributed by atoms with Crippen molar-refractivity contribution in [3.8, 4) is 0 Å². The molecule has 0 aliphatic carbocycles. The van der Waals surface area contributed by atoms with Crippen molar-refractivity contribution in [2.75, 3.05) is 26.2 Å². The number of carbonyl (C=O) groups excluding carboxylic acids is 2. The van der Waals surface area contributed by atoms with Gasteiger partial charge in [0.1, 0.15) is 11.4 Å². The molecule has 130 valence electrons. The Morgan fingerprint density at radius 2 is 2.00 bits per heavy atom. The van der Waals surface area contributed by atoms with Gasteiger partial charge in [-0.1, -0.05) is 11.6 Å². The first-order chi connectivity index (χ1) is 11.5. The predicted molar refractivity (Wildman–Crippen MR) is 87.3 cm³/mol. The van der Waals surface area contributed by atoms with Crippen molar-refractivity contribution in [2.24, 2.45) is 0 Å². The molecule has 1 aromatic carbocycles. The second kappa shape index (κ2) is 6.69. The standard InChI is InChI=1S/C17H20ClFN2O3/c18-13-11-12(3-4-14(13)19)15(23)21-8-2-6-17(21)5-1-7-20(9-10-22)16(17)24/h3-4,11,22H,1-2,5-10H2. The number of aliphatic hydroxyl groups is 1. The highest BCUT2D eigenvalue weighted by atomic mass is 35.5. The molecule has 2 saturated heterocycles. The van der Waals surface area contributed by atoms with Gasteiger partial charge in [-0.25, -0.2) is 4.39 Å². The maximum Gasteiger partial charge on any atom is 0.254 e. The summed E-state index contributed by atoms with van der Waals surface area (Å²) in [5, 5.41) is 9.05. The van der Waals surface area contributed by atoms with Crippen molar-refractivity contribution in [3.63, 3.8) is 0 Å². The molecule has 2 fully saturated rings. The number of hydrogen-bond donors (Lipinski definition) is 1. The number of β-amino-alcohol motifs (C(OH)–C–C–N with tert-alkyl or cyclic N) is 1. The number of benzene rings is 1. The topological polar surface area (TPSA) is 60.9 Å². The second-order valence-electron chi connectivity index (χ2n) is 6.34. The van der Waals surface area contributed by atoms with Gasteiger partial charge >= 0.3 is 0 Å². The van der Waals surface area contributed by atoms with Crippen molar-refractivity contribution >= 4 is 23.4 Å². The Hall–Kier alpha value is -1.66. The molecule has 1 atom stereocenters. The summed E-state index contributed by atoms with van der Waals surface area (Å²) in [6.07, 6.45) is 2.78. The molecule has 0 aromatic heterocycles. The van der Waals surface area contributed by atoms with Crippen LogP contribution in [0.3, 0.4) is 0 Å². The van der Waals surface area contributed by atoms with Gasteiger partial charge in [0.15, 0.2) is 0 Å². The molecule has 2 aliphatic rings. The third-order valence-electron chi connectivity index (χ3n) is 4.97. The van der Waals surface area contributed by atoms with Crippen LogP contribution in [-0.4, -0.2) is 58.5 Å². The third-order valence-corrected chi connectivity index (χ3v) is 5.26. The largest absolute Gasteiger partial charge is 0.395 e. The minimum Gasteiger partial charge on any atom is -0.395 e. The number of piperidine rings is 1. The molecule has 1 N–H and O–H groups in total. The third kappa shape index (κ3) is 2.78. The zero-order valence-corrected chi connectivity index (χ0v) is 14.1. The summed E-state index contributed by atoms with van der Waals surface area (Å²) >= 11 is 5.79. The number of hydrogen-bond acceptors (Lipinski definition) is 3. The summed E-state index contributed by atoms with van der Waals surface area (Å²) in [6.45, 7) is 1.28. The van der Waals surface area contributed by atoms with Crippen LogP contribution in [0.5, 0.6) is 0 Å². The van der Waals surface area contributed by atoms with Crippen molar-refractivity contribution in [3.05, 3.63) is 34.6 Å². The van der Waals surface area contributed by atoms with Gasteiger partial charge in [0, 0.05) is 25.2 Å². The smallest absolute Gasteiger partial charge is 0.254 e. The number of halogens is 2. The van der Waals surface area contributed by atoms with E-state index < -0.39 is 11.4 Å². The molecule has 2 amide bonds. The lowest BCUT2D eigenvalue weighted by Crippen LogP contribution is -2.61. The van der Waals surface area contributed by atoms with Crippen LogP contribution in [0, 0.1) is 5.82 Å². The van der Waals surface area contributed by atoms with E-state index in [4.69, 9.17) is 16.7 Å². The fourth-order valence-electron chi connectivity index (χ4n) is 3.84. The van der Waals surface area contributed by atoms with E-state index in [1.54, 1.807) is 9.80 Å². The fourth-order valence-corrected chi connectivity index (χ4v) is 4.02. The molecule has 0 radical (unpaired) electrons. The highest BCUT2D eigenvalue weighted by Gasteiger charge is 2.52. The van der Waals surface area contributed by atoms with E-state index in [0.717, 1.165) is 12.8 Å². The van der Waals surface area contributed by atoms with Crippen LogP contribution in [0.25, 0.3) is 0 Å². The number of amides is 2. The van der Waals surface area contributed by atoms with Gasteiger partial charge in [-0.15, -0.1) is 0 Å². The predicted octanol–water partition coefficient (Wildman–Crippen LogP) is 2.07. The SMILES string of the molecule is O=C(c1ccc(F)c(Cl)c1)N1CCCC12CCCN(CCO)C2=O. The van der Waals surface area contributed by atoms with E-state index in [1.165, 1.54) is 18.2 Å². The Morgan fingerprint density at radius 1 is 1.29 bits per heavy atom. The van der Waals surface area contributed by atoms with Crippen LogP contribution in [0.2, 0.25) is 5.02 Å². The Labute approximate surface area is 145 Å². The van der Waals surface area contributed by atoms with Gasteiger partial charge in [0.2, 0.25) is 5.91 Å². The Balaban J connectivity index is 1.90. The van der Waals surface area contributed by atoms with E-state index in [0.29, 0.717) is 25.9 Å². The van der Waals surface area contributed by atoms with Crippen LogP contribution in [0.15, 0.2) is 18.2 Å². The maximum atomic E-state index is 13.3. The fraction of sp³-hybridized carbons (Fsp3) is 0.529. The molecule has 0 bridgehead atoms. The molecule has 3 rings (SSSR count). The van der Waals surface area contributed by atoms with Crippen molar-refractivity contribution in [1.29, 1.82) is 0 Å². The van der Waals surface area contributed by atoms with Crippen LogP contribution < -0.4 is 0 Å². The summed E-state index contributed by atoms with van der Waals surface area (Å²) in [7, 11) is 0. The minimum atomic E-state index is -0.842. The quantitative estimate of drug-likeness (QED) is 0.904. The zero-order valence-electron chi connectivity index (χ0n) is 13.3. The maximum absolute atomic E-state index is 13.3. The Morgan fingerprint density at radius 3 is 2.67 bits per heavy atom. The average Bonchev–Trinajstić information content (AvgIpc) is 2.98. The first kappa shape index (κ1) is 17.2. The Bertz CT molecular complexity index is 667. The molecule has 2 heterocycles. The first-order valence-corrected chi connectivity index (χ1v) is 8.55. The summed E-state index contributed by atoms with van der Waals surface area (Å²) in [5.74, 6) is -0.970. The van der Waals surface area contributed by atoms with Gasteiger partial charge in [-0.2, -0.15) is 0 Å². The molecule has 0 saturated carbocycles. The van der Waals surface area contributed by atoms with Gasteiger partial charge in [-0.05, 0) is 43.9 Å². The molecule has 2 aliphatic heterocycles. The molecular formula is C17H20ClFN2O3. The summed E-state index contributed by atoms with van der Waals surface area (Å²) in [6, 6.07) is 3.87. The zero-order chi connectivity index (χ0) is 17.3. The molecule has 24 heavy (non-hydrogen) atoms. The number of likely N-dealkylation sites (tertiary alicyclic amines) is 2. The molecule has 5 nitrogen and oxygen atoms in total. The first-order valence-electron chi connectivity index (χ1n) is 8.17. The molecule has 1 unspecified atom stereocenters. The van der Waals surface area contributed by atoms with Gasteiger partial charge in [-0.3, -0.25) is 9.59 Å². The minimum absolute atomic E-state index is 0.0939. The highest BCUT2D eigenvalue weighted by molar-refractivity contribution is 6.31. The average molecular weight is 355 g/mol. The number of nitrogens with zero attached hydrogens (tertiary/aromatic N) is 2. The van der Waals surface area contributed by atoms with Crippen LogP contribution in [-0.2, 0) is 4.79 Å². The lowest BCUT2D eigenvalue weighted by atomic mass is 9.85. The van der Waals surface area contributed by atoms with E-state index in [2.05, 4.69) is 0 Å². The van der Waals surface area contributed by atoms with Crippen molar-refractivity contribution in [2.45, 2.75) is 31.2 Å². The lowest BCUT2D eigenvalue weighted by molar-refractivity contribution is -0.146. The van der Waals surface area contributed by atoms with Crippen molar-refractivity contribution < 1.29 is 19.1 Å². The van der Waals surface area contributed by atoms with E-state index in [1.807, 2.05) is 0 Å². The lowest BCUT2D eigenvalue weighted by Gasteiger charge is -2.44. The summed E-state index contributed by atoms with van der Waals surface area (Å²) in [4.78, 5) is 29.1. The second-order valence-corrected chi connectivity index (χ2v) is 6.75. The summed E-state index contributed by atoms with van der Waals surface area (Å²) < 4.78 is 13.3. The number of rotatable bonds is 3. The number of aliphatic hydroxyl groups excluding tert-OH is 1. The van der Waals surface area contributed by atoms with Crippen LogP contribution in [0.1, 0.15) is 36.0 Å². The van der Waals surface area contributed by atoms with Crippen LogP contribution in [0.4, 0.5) is 4.39 Å². The van der Waals surface area contributed by atoms with E-state index in [-0.39, 0.29) is 35.6 Å². The summed E-state index contributed by atoms with van der Waals surface area (Å²) in [5.41, 5.74) is -0.555. The monoisotopic (exact) mass is 354 g/mol. The van der Waals surface area contributed by atoms with Crippen molar-refractivity contribution in [1.82, 2.24) is 9.80 Å². The van der Waals surface area contributed by atoms with E-state index in [9.17, 15) is 14.0 Å². The molecule has 1 aromatic rings. The molecule has 7 heteroatoms. The van der Waals surface area contributed by atoms with Crippen LogP contribution >= 0.6 is 11.6 Å².